The van der Waals surface area contributed by atoms with E-state index in [0.717, 1.165) is 6.61 Å². The van der Waals surface area contributed by atoms with E-state index in [-0.39, 0.29) is 0 Å². The molecule has 0 aromatic carbocycles. The van der Waals surface area contributed by atoms with Crippen molar-refractivity contribution in [1.82, 2.24) is 0 Å². The van der Waals surface area contributed by atoms with Crippen molar-refractivity contribution in [2.24, 2.45) is 0 Å². The zero-order valence-corrected chi connectivity index (χ0v) is 7.38. The molecular weight excluding hydrogens is 136 g/mol. The van der Waals surface area contributed by atoms with E-state index in [1.54, 1.807) is 0 Å². The van der Waals surface area contributed by atoms with Gasteiger partial charge in [0.25, 0.3) is 0 Å². The first-order chi connectivity index (χ1) is 5.43. The first-order valence-corrected chi connectivity index (χ1v) is 4.66. The highest BCUT2D eigenvalue weighted by Crippen LogP contribution is 2.16. The number of rotatable bonds is 3. The van der Waals surface area contributed by atoms with Crippen LogP contribution in [0.4, 0.5) is 0 Å². The maximum Gasteiger partial charge on any atom is 0.0578 e. The minimum absolute atomic E-state index is 0.556. The second kappa shape index (κ2) is 5.36. The molecule has 0 aromatic rings. The molecule has 1 heteroatoms. The largest absolute Gasteiger partial charge is 0.378 e. The molecule has 0 spiro atoms. The lowest BCUT2D eigenvalue weighted by Gasteiger charge is -2.21. The van der Waals surface area contributed by atoms with Crippen molar-refractivity contribution in [2.45, 2.75) is 45.1 Å². The molecule has 1 heterocycles. The van der Waals surface area contributed by atoms with Gasteiger partial charge in [0.1, 0.15) is 0 Å². The average Bonchev–Trinajstić information content (AvgIpc) is 2.07. The predicted octanol–water partition coefficient (Wildman–Crippen LogP) is 2.91. The first-order valence-electron chi connectivity index (χ1n) is 4.66. The van der Waals surface area contributed by atoms with Crippen LogP contribution in [0, 0.1) is 0 Å². The minimum atomic E-state index is 0.556. The second-order valence-electron chi connectivity index (χ2n) is 3.13. The Balaban J connectivity index is 2.04. The first kappa shape index (κ1) is 8.79. The Hall–Kier alpha value is -0.300. The van der Waals surface area contributed by atoms with Crippen LogP contribution in [0.1, 0.15) is 39.0 Å². The predicted molar refractivity (Wildman–Crippen MR) is 47.6 cm³/mol. The fourth-order valence-corrected chi connectivity index (χ4v) is 1.48. The third-order valence-corrected chi connectivity index (χ3v) is 2.17. The molecule has 1 fully saturated rings. The summed E-state index contributed by atoms with van der Waals surface area (Å²) in [5.41, 5.74) is 0. The monoisotopic (exact) mass is 154 g/mol. The van der Waals surface area contributed by atoms with E-state index in [0.29, 0.717) is 6.10 Å². The van der Waals surface area contributed by atoms with Gasteiger partial charge < -0.3 is 4.74 Å². The van der Waals surface area contributed by atoms with Crippen LogP contribution in [0.15, 0.2) is 12.2 Å². The summed E-state index contributed by atoms with van der Waals surface area (Å²) in [6, 6.07) is 0. The van der Waals surface area contributed by atoms with E-state index in [1.807, 2.05) is 0 Å². The lowest BCUT2D eigenvalue weighted by molar-refractivity contribution is 0.0119. The highest BCUT2D eigenvalue weighted by atomic mass is 16.5. The van der Waals surface area contributed by atoms with Gasteiger partial charge >= 0.3 is 0 Å². The molecule has 0 aromatic heterocycles. The summed E-state index contributed by atoms with van der Waals surface area (Å²) in [5.74, 6) is 0. The Morgan fingerprint density at radius 1 is 1.45 bits per heavy atom. The molecule has 0 N–H and O–H groups in total. The fraction of sp³-hybridized carbons (Fsp3) is 0.800. The number of ether oxygens (including phenoxy) is 1. The maximum absolute atomic E-state index is 5.59. The van der Waals surface area contributed by atoms with Gasteiger partial charge in [-0.3, -0.25) is 0 Å². The maximum atomic E-state index is 5.59. The highest BCUT2D eigenvalue weighted by molar-refractivity contribution is 4.78. The Kier molecular flexibility index (Phi) is 4.29. The molecule has 0 aliphatic carbocycles. The average molecular weight is 154 g/mol. The molecule has 1 rings (SSSR count). The summed E-state index contributed by atoms with van der Waals surface area (Å²) in [7, 11) is 0. The van der Waals surface area contributed by atoms with Crippen LogP contribution in [-0.4, -0.2) is 12.7 Å². The molecule has 1 aliphatic heterocycles. The van der Waals surface area contributed by atoms with Gasteiger partial charge in [0, 0.05) is 6.61 Å². The zero-order valence-electron chi connectivity index (χ0n) is 7.38. The molecule has 64 valence electrons. The molecule has 1 unspecified atom stereocenters. The summed E-state index contributed by atoms with van der Waals surface area (Å²) < 4.78 is 5.59. The molecule has 0 bridgehead atoms. The molecule has 1 aliphatic rings. The van der Waals surface area contributed by atoms with Crippen LogP contribution in [0.25, 0.3) is 0 Å². The third-order valence-electron chi connectivity index (χ3n) is 2.17. The number of hydrogen-bond acceptors (Lipinski definition) is 1. The van der Waals surface area contributed by atoms with E-state index >= 15 is 0 Å². The topological polar surface area (TPSA) is 9.23 Å². The van der Waals surface area contributed by atoms with Crippen LogP contribution in [0.3, 0.4) is 0 Å². The molecular formula is C10H18O. The summed E-state index contributed by atoms with van der Waals surface area (Å²) in [5, 5.41) is 0. The molecule has 1 atom stereocenters. The Bertz CT molecular complexity index is 112. The lowest BCUT2D eigenvalue weighted by Crippen LogP contribution is -2.18. The quantitative estimate of drug-likeness (QED) is 0.568. The number of hydrogen-bond donors (Lipinski definition) is 0. The van der Waals surface area contributed by atoms with Crippen molar-refractivity contribution in [2.75, 3.05) is 6.61 Å². The van der Waals surface area contributed by atoms with E-state index in [4.69, 9.17) is 4.74 Å². The summed E-state index contributed by atoms with van der Waals surface area (Å²) >= 11 is 0. The molecule has 0 amide bonds. The van der Waals surface area contributed by atoms with Crippen LogP contribution in [0.5, 0.6) is 0 Å². The van der Waals surface area contributed by atoms with Crippen molar-refractivity contribution in [1.29, 1.82) is 0 Å². The van der Waals surface area contributed by atoms with Crippen LogP contribution in [0.2, 0.25) is 0 Å². The van der Waals surface area contributed by atoms with Crippen LogP contribution < -0.4 is 0 Å². The van der Waals surface area contributed by atoms with Gasteiger partial charge in [-0.2, -0.15) is 0 Å². The third kappa shape index (κ3) is 3.57. The van der Waals surface area contributed by atoms with E-state index < -0.39 is 0 Å². The molecule has 1 saturated heterocycles. The Morgan fingerprint density at radius 3 is 3.00 bits per heavy atom. The molecule has 0 radical (unpaired) electrons. The molecule has 1 nitrogen and oxygen atoms in total. The number of allylic oxidation sites excluding steroid dienone is 2. The standard InChI is InChI=1S/C10H18O/c1-2-3-4-7-10-8-5-6-9-11-10/h2-3,10H,4-9H2,1H3/b3-2+. The normalized spacial score (nSPS) is 26.1. The van der Waals surface area contributed by atoms with Gasteiger partial charge in [-0.25, -0.2) is 0 Å². The molecule has 11 heavy (non-hydrogen) atoms. The summed E-state index contributed by atoms with van der Waals surface area (Å²) in [6.07, 6.45) is 11.2. The van der Waals surface area contributed by atoms with Gasteiger partial charge in [-0.1, -0.05) is 12.2 Å². The lowest BCUT2D eigenvalue weighted by atomic mass is 10.0. The van der Waals surface area contributed by atoms with Gasteiger partial charge in [-0.15, -0.1) is 0 Å². The summed E-state index contributed by atoms with van der Waals surface area (Å²) in [4.78, 5) is 0. The SMILES string of the molecule is C/C=C/CCC1CCCCO1. The van der Waals surface area contributed by atoms with E-state index in [2.05, 4.69) is 19.1 Å². The van der Waals surface area contributed by atoms with Crippen molar-refractivity contribution in [3.63, 3.8) is 0 Å². The second-order valence-corrected chi connectivity index (χ2v) is 3.13. The van der Waals surface area contributed by atoms with Gasteiger partial charge in [0.05, 0.1) is 6.10 Å². The van der Waals surface area contributed by atoms with Crippen LogP contribution in [-0.2, 0) is 4.74 Å². The van der Waals surface area contributed by atoms with E-state index in [1.165, 1.54) is 32.1 Å². The summed E-state index contributed by atoms with van der Waals surface area (Å²) in [6.45, 7) is 3.06. The van der Waals surface area contributed by atoms with Crippen molar-refractivity contribution >= 4 is 0 Å². The van der Waals surface area contributed by atoms with Gasteiger partial charge in [0.15, 0.2) is 0 Å². The highest BCUT2D eigenvalue weighted by Gasteiger charge is 2.11. The Labute approximate surface area is 69.4 Å². The smallest absolute Gasteiger partial charge is 0.0578 e. The van der Waals surface area contributed by atoms with Crippen molar-refractivity contribution < 1.29 is 4.74 Å². The Morgan fingerprint density at radius 2 is 2.36 bits per heavy atom. The van der Waals surface area contributed by atoms with Crippen molar-refractivity contribution in [3.8, 4) is 0 Å². The van der Waals surface area contributed by atoms with Crippen LogP contribution >= 0.6 is 0 Å². The molecule has 0 saturated carbocycles. The van der Waals surface area contributed by atoms with Gasteiger partial charge in [-0.05, 0) is 39.0 Å². The van der Waals surface area contributed by atoms with Gasteiger partial charge in [0.2, 0.25) is 0 Å². The minimum Gasteiger partial charge on any atom is -0.378 e. The fourth-order valence-electron chi connectivity index (χ4n) is 1.48. The van der Waals surface area contributed by atoms with Crippen molar-refractivity contribution in [3.05, 3.63) is 12.2 Å². The zero-order chi connectivity index (χ0) is 7.94. The van der Waals surface area contributed by atoms with E-state index in [9.17, 15) is 0 Å².